The maximum absolute atomic E-state index is 11.8. The van der Waals surface area contributed by atoms with Crippen LogP contribution >= 0.6 is 0 Å². The minimum Gasteiger partial charge on any atom is -0.480 e. The number of rotatable bonds is 6. The summed E-state index contributed by atoms with van der Waals surface area (Å²) in [5, 5.41) is 8.86. The van der Waals surface area contributed by atoms with Gasteiger partial charge in [0.15, 0.2) is 14.6 Å². The molecule has 0 heterocycles. The Balaban J connectivity index is 4.92. The Morgan fingerprint density at radius 1 is 1.27 bits per heavy atom. The van der Waals surface area contributed by atoms with Gasteiger partial charge in [0.25, 0.3) is 0 Å². The summed E-state index contributed by atoms with van der Waals surface area (Å²) in [5.74, 6) is -1.28. The molecule has 15 heavy (non-hydrogen) atoms. The SMILES string of the molecule is CCC(CC)CS(=O)(=O)C(C)(C)C(=O)O. The first-order valence-electron chi connectivity index (χ1n) is 5.14. The Kier molecular flexibility index (Phi) is 4.77. The third kappa shape index (κ3) is 3.19. The quantitative estimate of drug-likeness (QED) is 0.762. The lowest BCUT2D eigenvalue weighted by Gasteiger charge is -2.22. The van der Waals surface area contributed by atoms with Crippen molar-refractivity contribution in [2.75, 3.05) is 5.75 Å². The molecule has 0 spiro atoms. The molecule has 0 aromatic heterocycles. The summed E-state index contributed by atoms with van der Waals surface area (Å²) in [5.41, 5.74) is 0. The lowest BCUT2D eigenvalue weighted by Crippen LogP contribution is -2.43. The van der Waals surface area contributed by atoms with E-state index in [2.05, 4.69) is 0 Å². The van der Waals surface area contributed by atoms with E-state index in [1.54, 1.807) is 0 Å². The predicted molar refractivity (Wildman–Crippen MR) is 59.6 cm³/mol. The first-order chi connectivity index (χ1) is 6.69. The van der Waals surface area contributed by atoms with Gasteiger partial charge in [-0.3, -0.25) is 4.79 Å². The molecule has 0 aromatic rings. The van der Waals surface area contributed by atoms with Crippen LogP contribution in [-0.4, -0.2) is 30.0 Å². The van der Waals surface area contributed by atoms with Gasteiger partial charge in [0.2, 0.25) is 0 Å². The largest absolute Gasteiger partial charge is 0.480 e. The van der Waals surface area contributed by atoms with Crippen LogP contribution in [0.3, 0.4) is 0 Å². The van der Waals surface area contributed by atoms with Crippen molar-refractivity contribution in [1.29, 1.82) is 0 Å². The van der Waals surface area contributed by atoms with Crippen LogP contribution in [0.15, 0.2) is 0 Å². The molecule has 0 bridgehead atoms. The lowest BCUT2D eigenvalue weighted by molar-refractivity contribution is -0.139. The fourth-order valence-corrected chi connectivity index (χ4v) is 2.95. The van der Waals surface area contributed by atoms with Gasteiger partial charge in [0, 0.05) is 0 Å². The molecule has 0 aliphatic heterocycles. The number of sulfone groups is 1. The van der Waals surface area contributed by atoms with E-state index in [1.807, 2.05) is 13.8 Å². The van der Waals surface area contributed by atoms with Crippen LogP contribution < -0.4 is 0 Å². The van der Waals surface area contributed by atoms with Gasteiger partial charge in [-0.2, -0.15) is 0 Å². The zero-order valence-corrected chi connectivity index (χ0v) is 10.6. The van der Waals surface area contributed by atoms with Gasteiger partial charge in [0.05, 0.1) is 5.75 Å². The monoisotopic (exact) mass is 236 g/mol. The predicted octanol–water partition coefficient (Wildman–Crippen LogP) is 1.70. The van der Waals surface area contributed by atoms with Crippen LogP contribution in [0.25, 0.3) is 0 Å². The van der Waals surface area contributed by atoms with E-state index in [9.17, 15) is 13.2 Å². The molecule has 0 aliphatic rings. The van der Waals surface area contributed by atoms with Gasteiger partial charge < -0.3 is 5.11 Å². The maximum Gasteiger partial charge on any atom is 0.324 e. The molecule has 4 nitrogen and oxygen atoms in total. The highest BCUT2D eigenvalue weighted by atomic mass is 32.2. The third-order valence-corrected chi connectivity index (χ3v) is 5.54. The average molecular weight is 236 g/mol. The van der Waals surface area contributed by atoms with Crippen LogP contribution in [0.5, 0.6) is 0 Å². The van der Waals surface area contributed by atoms with Crippen molar-refractivity contribution in [3.8, 4) is 0 Å². The van der Waals surface area contributed by atoms with Gasteiger partial charge in [-0.25, -0.2) is 8.42 Å². The van der Waals surface area contributed by atoms with Crippen molar-refractivity contribution >= 4 is 15.8 Å². The minimum absolute atomic E-state index is 0.0424. The zero-order chi connectivity index (χ0) is 12.3. The van der Waals surface area contributed by atoms with Gasteiger partial charge in [-0.15, -0.1) is 0 Å². The highest BCUT2D eigenvalue weighted by Gasteiger charge is 2.42. The first-order valence-corrected chi connectivity index (χ1v) is 6.80. The van der Waals surface area contributed by atoms with E-state index in [-0.39, 0.29) is 11.7 Å². The van der Waals surface area contributed by atoms with Crippen LogP contribution in [0.4, 0.5) is 0 Å². The van der Waals surface area contributed by atoms with Gasteiger partial charge >= 0.3 is 5.97 Å². The highest BCUT2D eigenvalue weighted by molar-refractivity contribution is 7.93. The summed E-state index contributed by atoms with van der Waals surface area (Å²) >= 11 is 0. The molecule has 0 radical (unpaired) electrons. The second kappa shape index (κ2) is 4.96. The summed E-state index contributed by atoms with van der Waals surface area (Å²) in [4.78, 5) is 10.8. The van der Waals surface area contributed by atoms with E-state index < -0.39 is 20.6 Å². The Morgan fingerprint density at radius 3 is 1.93 bits per heavy atom. The molecule has 0 saturated carbocycles. The van der Waals surface area contributed by atoms with Crippen molar-refractivity contribution in [2.24, 2.45) is 5.92 Å². The fraction of sp³-hybridized carbons (Fsp3) is 0.900. The normalized spacial score (nSPS) is 13.1. The molecule has 0 aliphatic carbocycles. The number of carbonyl (C=O) groups is 1. The van der Waals surface area contributed by atoms with Gasteiger partial charge in [-0.1, -0.05) is 26.7 Å². The zero-order valence-electron chi connectivity index (χ0n) is 9.78. The van der Waals surface area contributed by atoms with E-state index in [4.69, 9.17) is 5.11 Å². The summed E-state index contributed by atoms with van der Waals surface area (Å²) in [7, 11) is -3.58. The van der Waals surface area contributed by atoms with Crippen molar-refractivity contribution < 1.29 is 18.3 Å². The van der Waals surface area contributed by atoms with E-state index in [1.165, 1.54) is 13.8 Å². The molecule has 0 saturated heterocycles. The average Bonchev–Trinajstić information content (AvgIpc) is 2.13. The Labute approximate surface area is 91.6 Å². The third-order valence-electron chi connectivity index (χ3n) is 2.90. The standard InChI is InChI=1S/C10H20O4S/c1-5-8(6-2)7-15(13,14)10(3,4)9(11)12/h8H,5-7H2,1-4H3,(H,11,12). The van der Waals surface area contributed by atoms with Crippen LogP contribution in [0.1, 0.15) is 40.5 Å². The topological polar surface area (TPSA) is 71.4 Å². The van der Waals surface area contributed by atoms with Gasteiger partial charge in [0.1, 0.15) is 0 Å². The number of carboxylic acids is 1. The summed E-state index contributed by atoms with van der Waals surface area (Å²) < 4.78 is 22.0. The smallest absolute Gasteiger partial charge is 0.324 e. The maximum atomic E-state index is 11.8. The van der Waals surface area contributed by atoms with Crippen molar-refractivity contribution in [2.45, 2.75) is 45.3 Å². The summed E-state index contributed by atoms with van der Waals surface area (Å²) in [6, 6.07) is 0. The Bertz CT molecular complexity index is 312. The lowest BCUT2D eigenvalue weighted by atomic mass is 10.1. The molecular weight excluding hydrogens is 216 g/mol. The van der Waals surface area contributed by atoms with Crippen molar-refractivity contribution in [3.63, 3.8) is 0 Å². The van der Waals surface area contributed by atoms with Crippen LogP contribution in [0, 0.1) is 5.92 Å². The van der Waals surface area contributed by atoms with E-state index in [0.29, 0.717) is 0 Å². The Morgan fingerprint density at radius 2 is 1.67 bits per heavy atom. The molecule has 0 atom stereocenters. The second-order valence-corrected chi connectivity index (χ2v) is 6.86. The van der Waals surface area contributed by atoms with E-state index in [0.717, 1.165) is 12.8 Å². The molecule has 0 amide bonds. The number of hydrogen-bond acceptors (Lipinski definition) is 3. The molecule has 0 fully saturated rings. The molecule has 0 aromatic carbocycles. The minimum atomic E-state index is -3.58. The first kappa shape index (κ1) is 14.4. The number of hydrogen-bond donors (Lipinski definition) is 1. The summed E-state index contributed by atoms with van der Waals surface area (Å²) in [6.45, 7) is 6.31. The molecule has 0 unspecified atom stereocenters. The molecule has 1 N–H and O–H groups in total. The molecular formula is C10H20O4S. The van der Waals surface area contributed by atoms with Crippen LogP contribution in [-0.2, 0) is 14.6 Å². The van der Waals surface area contributed by atoms with Gasteiger partial charge in [-0.05, 0) is 19.8 Å². The Hall–Kier alpha value is -0.580. The second-order valence-electron chi connectivity index (χ2n) is 4.28. The molecule has 90 valence electrons. The van der Waals surface area contributed by atoms with Crippen molar-refractivity contribution in [3.05, 3.63) is 0 Å². The molecule has 0 rings (SSSR count). The summed E-state index contributed by atoms with van der Waals surface area (Å²) in [6.07, 6.45) is 1.51. The van der Waals surface area contributed by atoms with E-state index >= 15 is 0 Å². The number of carboxylic acid groups (broad SMARTS) is 1. The van der Waals surface area contributed by atoms with Crippen LogP contribution in [0.2, 0.25) is 0 Å². The molecule has 5 heteroatoms. The van der Waals surface area contributed by atoms with Crippen molar-refractivity contribution in [1.82, 2.24) is 0 Å². The number of aliphatic carboxylic acids is 1. The fourth-order valence-electron chi connectivity index (χ4n) is 1.18. The highest BCUT2D eigenvalue weighted by Crippen LogP contribution is 2.22.